The molecule has 1 unspecified atom stereocenters. The number of halogens is 1. The molecule has 0 bridgehead atoms. The van der Waals surface area contributed by atoms with Crippen LogP contribution in [0.3, 0.4) is 0 Å². The van der Waals surface area contributed by atoms with Gasteiger partial charge in [0.2, 0.25) is 5.91 Å². The number of aromatic nitrogens is 2. The van der Waals surface area contributed by atoms with Crippen LogP contribution in [-0.4, -0.2) is 33.4 Å². The lowest BCUT2D eigenvalue weighted by Gasteiger charge is -2.31. The van der Waals surface area contributed by atoms with E-state index in [1.165, 1.54) is 10.9 Å². The highest BCUT2D eigenvalue weighted by molar-refractivity contribution is 9.10. The van der Waals surface area contributed by atoms with E-state index in [0.717, 1.165) is 30.4 Å². The van der Waals surface area contributed by atoms with Gasteiger partial charge in [0.05, 0.1) is 17.2 Å². The van der Waals surface area contributed by atoms with E-state index in [-0.39, 0.29) is 18.0 Å². The third-order valence-electron chi connectivity index (χ3n) is 4.10. The van der Waals surface area contributed by atoms with E-state index in [9.17, 15) is 9.59 Å². The molecule has 1 saturated heterocycles. The molecule has 0 saturated carbocycles. The smallest absolute Gasteiger partial charge is 0.261 e. The number of fused-ring (bicyclic) bond motifs is 1. The molecule has 0 aliphatic carbocycles. The molecule has 5 nitrogen and oxygen atoms in total. The van der Waals surface area contributed by atoms with Gasteiger partial charge >= 0.3 is 0 Å². The van der Waals surface area contributed by atoms with E-state index in [2.05, 4.69) is 27.8 Å². The molecule has 22 heavy (non-hydrogen) atoms. The number of likely N-dealkylation sites (tertiary alicyclic amines) is 1. The van der Waals surface area contributed by atoms with Gasteiger partial charge in [-0.1, -0.05) is 22.9 Å². The van der Waals surface area contributed by atoms with Gasteiger partial charge in [0.25, 0.3) is 5.56 Å². The second-order valence-corrected chi connectivity index (χ2v) is 6.84. The lowest BCUT2D eigenvalue weighted by Crippen LogP contribution is -2.42. The first-order valence-corrected chi connectivity index (χ1v) is 8.26. The fraction of sp³-hybridized carbons (Fsp3) is 0.438. The van der Waals surface area contributed by atoms with Gasteiger partial charge in [0.15, 0.2) is 0 Å². The average molecular weight is 364 g/mol. The summed E-state index contributed by atoms with van der Waals surface area (Å²) >= 11 is 3.36. The highest BCUT2D eigenvalue weighted by atomic mass is 79.9. The number of nitrogens with zero attached hydrogens (tertiary/aromatic N) is 3. The van der Waals surface area contributed by atoms with Crippen molar-refractivity contribution in [2.75, 3.05) is 13.1 Å². The molecule has 1 aromatic carbocycles. The van der Waals surface area contributed by atoms with Crippen LogP contribution >= 0.6 is 15.9 Å². The Balaban J connectivity index is 1.86. The number of carbonyl (C=O) groups excluding carboxylic acids is 1. The molecule has 1 aromatic heterocycles. The van der Waals surface area contributed by atoms with Crippen LogP contribution in [0.25, 0.3) is 10.9 Å². The van der Waals surface area contributed by atoms with Crippen LogP contribution in [0, 0.1) is 5.92 Å². The molecule has 6 heteroatoms. The molecule has 0 radical (unpaired) electrons. The molecule has 1 amide bonds. The van der Waals surface area contributed by atoms with Crippen molar-refractivity contribution in [1.82, 2.24) is 14.5 Å². The second-order valence-electron chi connectivity index (χ2n) is 5.93. The monoisotopic (exact) mass is 363 g/mol. The molecule has 1 aliphatic rings. The van der Waals surface area contributed by atoms with Crippen LogP contribution in [0.1, 0.15) is 19.8 Å². The van der Waals surface area contributed by atoms with Crippen LogP contribution < -0.4 is 5.56 Å². The summed E-state index contributed by atoms with van der Waals surface area (Å²) in [5.74, 6) is 0.518. The number of hydrogen-bond acceptors (Lipinski definition) is 3. The third-order valence-corrected chi connectivity index (χ3v) is 4.59. The Kier molecular flexibility index (Phi) is 4.29. The van der Waals surface area contributed by atoms with Gasteiger partial charge in [-0.05, 0) is 37.0 Å². The summed E-state index contributed by atoms with van der Waals surface area (Å²) in [5.41, 5.74) is 0.466. The molecule has 0 N–H and O–H groups in total. The second kappa shape index (κ2) is 6.20. The van der Waals surface area contributed by atoms with Crippen LogP contribution in [0.15, 0.2) is 33.8 Å². The molecular weight excluding hydrogens is 346 g/mol. The summed E-state index contributed by atoms with van der Waals surface area (Å²) in [6.07, 6.45) is 3.66. The molecular formula is C16H18BrN3O2. The maximum Gasteiger partial charge on any atom is 0.261 e. The topological polar surface area (TPSA) is 55.2 Å². The van der Waals surface area contributed by atoms with Crippen molar-refractivity contribution in [2.45, 2.75) is 26.3 Å². The first-order chi connectivity index (χ1) is 10.5. The van der Waals surface area contributed by atoms with E-state index in [1.807, 2.05) is 11.0 Å². The van der Waals surface area contributed by atoms with Gasteiger partial charge < -0.3 is 4.90 Å². The van der Waals surface area contributed by atoms with E-state index >= 15 is 0 Å². The van der Waals surface area contributed by atoms with E-state index in [0.29, 0.717) is 16.8 Å². The van der Waals surface area contributed by atoms with Crippen LogP contribution in [0.4, 0.5) is 0 Å². The zero-order chi connectivity index (χ0) is 15.7. The van der Waals surface area contributed by atoms with Crippen LogP contribution in [-0.2, 0) is 11.3 Å². The SMILES string of the molecule is CC1CCCN(C(=O)Cn2cnc3ccc(Br)cc3c2=O)C1. The first-order valence-electron chi connectivity index (χ1n) is 7.47. The number of amides is 1. The zero-order valence-electron chi connectivity index (χ0n) is 12.5. The molecule has 1 fully saturated rings. The number of benzene rings is 1. The summed E-state index contributed by atoms with van der Waals surface area (Å²) < 4.78 is 2.23. The maximum absolute atomic E-state index is 12.5. The quantitative estimate of drug-likeness (QED) is 0.823. The highest BCUT2D eigenvalue weighted by Crippen LogP contribution is 2.16. The lowest BCUT2D eigenvalue weighted by atomic mass is 10.0. The van der Waals surface area contributed by atoms with Crippen molar-refractivity contribution in [1.29, 1.82) is 0 Å². The molecule has 3 rings (SSSR count). The Bertz CT molecular complexity index is 772. The molecule has 1 atom stereocenters. The molecule has 2 aromatic rings. The van der Waals surface area contributed by atoms with Crippen LogP contribution in [0.2, 0.25) is 0 Å². The Labute approximate surface area is 137 Å². The van der Waals surface area contributed by atoms with Gasteiger partial charge in [-0.3, -0.25) is 14.2 Å². The van der Waals surface area contributed by atoms with E-state index in [4.69, 9.17) is 0 Å². The summed E-state index contributed by atoms with van der Waals surface area (Å²) in [5, 5.41) is 0.525. The number of hydrogen-bond donors (Lipinski definition) is 0. The van der Waals surface area contributed by atoms with Gasteiger partial charge in [-0.15, -0.1) is 0 Å². The standard InChI is InChI=1S/C16H18BrN3O2/c1-11-3-2-6-19(8-11)15(21)9-20-10-18-14-5-4-12(17)7-13(14)16(20)22/h4-5,7,10-11H,2-3,6,8-9H2,1H3. The summed E-state index contributed by atoms with van der Waals surface area (Å²) in [6.45, 7) is 3.77. The number of rotatable bonds is 2. The summed E-state index contributed by atoms with van der Waals surface area (Å²) in [6, 6.07) is 5.38. The van der Waals surface area contributed by atoms with Gasteiger partial charge in [0.1, 0.15) is 6.54 Å². The molecule has 1 aliphatic heterocycles. The summed E-state index contributed by atoms with van der Waals surface area (Å²) in [4.78, 5) is 31.0. The normalized spacial score (nSPS) is 18.6. The van der Waals surface area contributed by atoms with Crippen molar-refractivity contribution in [3.8, 4) is 0 Å². The van der Waals surface area contributed by atoms with Crippen molar-refractivity contribution in [2.24, 2.45) is 5.92 Å². The molecule has 116 valence electrons. The Morgan fingerprint density at radius 2 is 2.27 bits per heavy atom. The van der Waals surface area contributed by atoms with Crippen molar-refractivity contribution in [3.05, 3.63) is 39.4 Å². The van der Waals surface area contributed by atoms with Gasteiger partial charge in [0, 0.05) is 17.6 Å². The van der Waals surface area contributed by atoms with E-state index < -0.39 is 0 Å². The Morgan fingerprint density at radius 1 is 1.45 bits per heavy atom. The van der Waals surface area contributed by atoms with Crippen LogP contribution in [0.5, 0.6) is 0 Å². The third kappa shape index (κ3) is 3.06. The highest BCUT2D eigenvalue weighted by Gasteiger charge is 2.21. The number of piperidine rings is 1. The van der Waals surface area contributed by atoms with E-state index in [1.54, 1.807) is 12.1 Å². The lowest BCUT2D eigenvalue weighted by molar-refractivity contribution is -0.133. The zero-order valence-corrected chi connectivity index (χ0v) is 14.0. The van der Waals surface area contributed by atoms with Gasteiger partial charge in [-0.2, -0.15) is 0 Å². The minimum Gasteiger partial charge on any atom is -0.341 e. The van der Waals surface area contributed by atoms with Crippen molar-refractivity contribution < 1.29 is 4.79 Å². The minimum atomic E-state index is -0.176. The Hall–Kier alpha value is -1.69. The Morgan fingerprint density at radius 3 is 3.05 bits per heavy atom. The van der Waals surface area contributed by atoms with Crippen molar-refractivity contribution in [3.63, 3.8) is 0 Å². The fourth-order valence-electron chi connectivity index (χ4n) is 2.91. The predicted molar refractivity (Wildman–Crippen MR) is 88.7 cm³/mol. The molecule has 2 heterocycles. The first kappa shape index (κ1) is 15.2. The minimum absolute atomic E-state index is 0.00945. The van der Waals surface area contributed by atoms with Gasteiger partial charge in [-0.25, -0.2) is 4.98 Å². The maximum atomic E-state index is 12.5. The predicted octanol–water partition coefficient (Wildman–Crippen LogP) is 2.42. The fourth-order valence-corrected chi connectivity index (χ4v) is 3.27. The largest absolute Gasteiger partial charge is 0.341 e. The average Bonchev–Trinajstić information content (AvgIpc) is 2.50. The number of carbonyl (C=O) groups is 1. The molecule has 0 spiro atoms. The summed E-state index contributed by atoms with van der Waals surface area (Å²) in [7, 11) is 0. The van der Waals surface area contributed by atoms with Crippen molar-refractivity contribution >= 4 is 32.7 Å².